The first-order valence-corrected chi connectivity index (χ1v) is 13.1. The van der Waals surface area contributed by atoms with Crippen molar-refractivity contribution in [3.05, 3.63) is 84.3 Å². The van der Waals surface area contributed by atoms with Crippen molar-refractivity contribution in [1.82, 2.24) is 35.0 Å². The van der Waals surface area contributed by atoms with Crippen molar-refractivity contribution in [3.63, 3.8) is 0 Å². The van der Waals surface area contributed by atoms with E-state index in [1.165, 1.54) is 31.4 Å². The van der Waals surface area contributed by atoms with Crippen LogP contribution in [0.2, 0.25) is 0 Å². The third-order valence-corrected chi connectivity index (χ3v) is 7.36. The minimum Gasteiger partial charge on any atom is -0.337 e. The molecule has 194 valence electrons. The number of para-hydroxylation sites is 1. The van der Waals surface area contributed by atoms with Crippen molar-refractivity contribution in [2.75, 3.05) is 13.1 Å². The topological polar surface area (TPSA) is 86.4 Å². The molecule has 39 heavy (non-hydrogen) atoms. The van der Waals surface area contributed by atoms with Gasteiger partial charge in [-0.3, -0.25) is 20.0 Å². The molecule has 4 aromatic heterocycles. The van der Waals surface area contributed by atoms with E-state index in [1.54, 1.807) is 24.5 Å². The number of H-pyrrole nitrogens is 2. The van der Waals surface area contributed by atoms with Gasteiger partial charge < -0.3 is 4.98 Å². The van der Waals surface area contributed by atoms with Gasteiger partial charge in [-0.05, 0) is 61.3 Å². The molecule has 6 aromatic rings. The number of aromatic amines is 2. The highest BCUT2D eigenvalue weighted by Gasteiger charge is 2.21. The molecule has 1 saturated heterocycles. The maximum atomic E-state index is 16.1. The molecule has 7 rings (SSSR count). The van der Waals surface area contributed by atoms with E-state index < -0.39 is 5.82 Å². The SMILES string of the molecule is Fc1ccc(-c2cccc3[nH]c(-c4n[nH]c5cnc(-c6cncc(CN7CCCCC7)c6)c(F)c45)nc23)cc1. The number of rotatable bonds is 5. The number of nitrogens with zero attached hydrogens (tertiary/aromatic N) is 5. The first-order chi connectivity index (χ1) is 19.1. The Morgan fingerprint density at radius 3 is 2.54 bits per heavy atom. The van der Waals surface area contributed by atoms with E-state index in [0.29, 0.717) is 33.5 Å². The standard InChI is InChI=1S/C30H25F2N7/c31-21-9-7-19(8-10-21)22-5-4-6-23-28(22)36-30(35-23)29-25-24(37-38-29)16-34-27(26(25)32)20-13-18(14-33-15-20)17-39-11-2-1-3-12-39/h4-10,13-16H,1-3,11-12,17H2,(H,35,36)(H,37,38). The smallest absolute Gasteiger partial charge is 0.161 e. The molecule has 1 aliphatic heterocycles. The van der Waals surface area contributed by atoms with Gasteiger partial charge in [0.15, 0.2) is 11.6 Å². The molecule has 0 saturated carbocycles. The molecule has 2 aromatic carbocycles. The molecule has 1 fully saturated rings. The fraction of sp³-hybridized carbons (Fsp3) is 0.200. The summed E-state index contributed by atoms with van der Waals surface area (Å²) >= 11 is 0. The van der Waals surface area contributed by atoms with Gasteiger partial charge in [0.05, 0.1) is 28.1 Å². The van der Waals surface area contributed by atoms with Crippen molar-refractivity contribution in [3.8, 4) is 33.9 Å². The first kappa shape index (κ1) is 23.6. The van der Waals surface area contributed by atoms with Crippen molar-refractivity contribution in [1.29, 1.82) is 0 Å². The molecule has 1 aliphatic rings. The lowest BCUT2D eigenvalue weighted by Crippen LogP contribution is -2.29. The van der Waals surface area contributed by atoms with Crippen molar-refractivity contribution in [2.24, 2.45) is 0 Å². The summed E-state index contributed by atoms with van der Waals surface area (Å²) in [5.74, 6) is -0.352. The number of hydrogen-bond acceptors (Lipinski definition) is 5. The van der Waals surface area contributed by atoms with Gasteiger partial charge in [0.1, 0.15) is 17.2 Å². The average molecular weight is 522 g/mol. The Morgan fingerprint density at radius 2 is 1.69 bits per heavy atom. The van der Waals surface area contributed by atoms with Crippen LogP contribution in [0.25, 0.3) is 55.8 Å². The van der Waals surface area contributed by atoms with Gasteiger partial charge in [-0.1, -0.05) is 30.7 Å². The molecule has 5 heterocycles. The molecule has 0 atom stereocenters. The summed E-state index contributed by atoms with van der Waals surface area (Å²) in [6.45, 7) is 2.93. The third kappa shape index (κ3) is 4.34. The summed E-state index contributed by atoms with van der Waals surface area (Å²) < 4.78 is 29.6. The van der Waals surface area contributed by atoms with Gasteiger partial charge in [-0.15, -0.1) is 0 Å². The van der Waals surface area contributed by atoms with Gasteiger partial charge in [0.2, 0.25) is 0 Å². The number of likely N-dealkylation sites (tertiary alicyclic amines) is 1. The first-order valence-electron chi connectivity index (χ1n) is 13.1. The van der Waals surface area contributed by atoms with E-state index in [0.717, 1.165) is 41.8 Å². The maximum Gasteiger partial charge on any atom is 0.161 e. The normalized spacial score (nSPS) is 14.4. The Hall–Kier alpha value is -4.50. The molecule has 9 heteroatoms. The fourth-order valence-electron chi connectivity index (χ4n) is 5.43. The summed E-state index contributed by atoms with van der Waals surface area (Å²) in [5.41, 5.74) is 5.87. The monoisotopic (exact) mass is 521 g/mol. The lowest BCUT2D eigenvalue weighted by Gasteiger charge is -2.26. The van der Waals surface area contributed by atoms with E-state index in [9.17, 15) is 4.39 Å². The van der Waals surface area contributed by atoms with Crippen LogP contribution in [0.15, 0.2) is 67.1 Å². The number of hydrogen-bond donors (Lipinski definition) is 2. The minimum atomic E-state index is -0.479. The van der Waals surface area contributed by atoms with Crippen molar-refractivity contribution >= 4 is 21.9 Å². The largest absolute Gasteiger partial charge is 0.337 e. The Bertz CT molecular complexity index is 1800. The molecule has 7 nitrogen and oxygen atoms in total. The number of fused-ring (bicyclic) bond motifs is 2. The van der Waals surface area contributed by atoms with Crippen LogP contribution in [0.1, 0.15) is 24.8 Å². The quantitative estimate of drug-likeness (QED) is 0.271. The van der Waals surface area contributed by atoms with Crippen LogP contribution in [-0.4, -0.2) is 48.1 Å². The van der Waals surface area contributed by atoms with Gasteiger partial charge in [-0.25, -0.2) is 13.8 Å². The number of benzene rings is 2. The Morgan fingerprint density at radius 1 is 0.846 bits per heavy atom. The van der Waals surface area contributed by atoms with E-state index in [2.05, 4.69) is 30.0 Å². The number of aromatic nitrogens is 6. The van der Waals surface area contributed by atoms with Gasteiger partial charge >= 0.3 is 0 Å². The summed E-state index contributed by atoms with van der Waals surface area (Å²) in [7, 11) is 0. The second-order valence-electron chi connectivity index (χ2n) is 9.99. The summed E-state index contributed by atoms with van der Waals surface area (Å²) in [4.78, 5) is 19.3. The predicted octanol–water partition coefficient (Wildman–Crippen LogP) is 6.49. The molecule has 0 amide bonds. The molecule has 0 spiro atoms. The zero-order valence-corrected chi connectivity index (χ0v) is 21.1. The number of pyridine rings is 2. The lowest BCUT2D eigenvalue weighted by atomic mass is 10.0. The molecule has 0 radical (unpaired) electrons. The average Bonchev–Trinajstić information content (AvgIpc) is 3.59. The van der Waals surface area contributed by atoms with Crippen LogP contribution in [-0.2, 0) is 6.54 Å². The van der Waals surface area contributed by atoms with Crippen LogP contribution in [0.5, 0.6) is 0 Å². The Labute approximate surface area is 223 Å². The van der Waals surface area contributed by atoms with E-state index in [4.69, 9.17) is 4.98 Å². The van der Waals surface area contributed by atoms with Crippen LogP contribution in [0.3, 0.4) is 0 Å². The zero-order chi connectivity index (χ0) is 26.3. The number of halogens is 2. The second kappa shape index (κ2) is 9.67. The van der Waals surface area contributed by atoms with Gasteiger partial charge in [0.25, 0.3) is 0 Å². The fourth-order valence-corrected chi connectivity index (χ4v) is 5.43. The Kier molecular flexibility index (Phi) is 5.85. The Balaban J connectivity index is 1.29. The van der Waals surface area contributed by atoms with Crippen LogP contribution in [0.4, 0.5) is 8.78 Å². The highest BCUT2D eigenvalue weighted by Crippen LogP contribution is 2.34. The highest BCUT2D eigenvalue weighted by atomic mass is 19.1. The molecule has 0 bridgehead atoms. The summed E-state index contributed by atoms with van der Waals surface area (Å²) in [6, 6.07) is 14.0. The number of imidazole rings is 1. The highest BCUT2D eigenvalue weighted by molar-refractivity contribution is 5.98. The maximum absolute atomic E-state index is 16.1. The number of piperidine rings is 1. The van der Waals surface area contributed by atoms with Crippen LogP contribution in [0, 0.1) is 11.6 Å². The molecular formula is C30H25F2N7. The second-order valence-corrected chi connectivity index (χ2v) is 9.99. The molecule has 0 unspecified atom stereocenters. The summed E-state index contributed by atoms with van der Waals surface area (Å²) in [5, 5.41) is 7.60. The molecular weight excluding hydrogens is 496 g/mol. The van der Waals surface area contributed by atoms with E-state index in [-0.39, 0.29) is 11.5 Å². The number of nitrogens with one attached hydrogen (secondary N) is 2. The molecule has 0 aliphatic carbocycles. The lowest BCUT2D eigenvalue weighted by molar-refractivity contribution is 0.220. The zero-order valence-electron chi connectivity index (χ0n) is 21.1. The third-order valence-electron chi connectivity index (χ3n) is 7.36. The molecule has 2 N–H and O–H groups in total. The van der Waals surface area contributed by atoms with Crippen molar-refractivity contribution in [2.45, 2.75) is 25.8 Å². The van der Waals surface area contributed by atoms with Crippen LogP contribution < -0.4 is 0 Å². The summed E-state index contributed by atoms with van der Waals surface area (Å²) in [6.07, 6.45) is 8.76. The van der Waals surface area contributed by atoms with Gasteiger partial charge in [-0.2, -0.15) is 5.10 Å². The van der Waals surface area contributed by atoms with Crippen molar-refractivity contribution < 1.29 is 8.78 Å². The predicted molar refractivity (Wildman–Crippen MR) is 147 cm³/mol. The minimum absolute atomic E-state index is 0.223. The van der Waals surface area contributed by atoms with E-state index in [1.807, 2.05) is 30.5 Å². The van der Waals surface area contributed by atoms with E-state index >= 15 is 4.39 Å². The van der Waals surface area contributed by atoms with Gasteiger partial charge in [0, 0.05) is 30.1 Å². The van der Waals surface area contributed by atoms with Crippen LogP contribution >= 0.6 is 0 Å².